The van der Waals surface area contributed by atoms with Crippen molar-refractivity contribution in [1.29, 1.82) is 0 Å². The van der Waals surface area contributed by atoms with Gasteiger partial charge in [-0.1, -0.05) is 48.5 Å². The highest BCUT2D eigenvalue weighted by Gasteiger charge is 2.29. The predicted octanol–water partition coefficient (Wildman–Crippen LogP) is 4.77. The number of carboxylic acids is 1. The third-order valence-corrected chi connectivity index (χ3v) is 5.21. The molecule has 1 aliphatic heterocycles. The number of anilines is 2. The zero-order valence-corrected chi connectivity index (χ0v) is 16.9. The van der Waals surface area contributed by atoms with Crippen LogP contribution in [-0.4, -0.2) is 30.2 Å². The smallest absolute Gasteiger partial charge is 0.341 e. The Morgan fingerprint density at radius 1 is 0.935 bits per heavy atom. The normalized spacial score (nSPS) is 14.4. The van der Waals surface area contributed by atoms with Gasteiger partial charge in [-0.2, -0.15) is 0 Å². The highest BCUT2D eigenvalue weighted by atomic mass is 16.5. The number of benzene rings is 3. The molecule has 0 aliphatic carbocycles. The molecule has 158 valence electrons. The number of carbonyl (C=O) groups excluding carboxylic acids is 1. The van der Waals surface area contributed by atoms with Gasteiger partial charge in [0.2, 0.25) is 5.91 Å². The van der Waals surface area contributed by atoms with Gasteiger partial charge in [0.1, 0.15) is 0 Å². The molecule has 1 N–H and O–H groups in total. The van der Waals surface area contributed by atoms with E-state index in [-0.39, 0.29) is 11.8 Å². The SMILES string of the molecule is O=C(O)COc1cccc2c1OCC2CCC(=O)N(c1ccccc1)c1ccccc1. The van der Waals surface area contributed by atoms with Crippen LogP contribution in [0.2, 0.25) is 0 Å². The first-order valence-electron chi connectivity index (χ1n) is 10.2. The summed E-state index contributed by atoms with van der Waals surface area (Å²) < 4.78 is 11.1. The van der Waals surface area contributed by atoms with Gasteiger partial charge in [0.15, 0.2) is 18.1 Å². The van der Waals surface area contributed by atoms with Crippen LogP contribution >= 0.6 is 0 Å². The Labute approximate surface area is 180 Å². The minimum absolute atomic E-state index is 0.00383. The van der Waals surface area contributed by atoms with Crippen LogP contribution in [0.15, 0.2) is 78.9 Å². The molecule has 1 heterocycles. The molecule has 0 saturated carbocycles. The first kappa shape index (κ1) is 20.5. The number of amides is 1. The van der Waals surface area contributed by atoms with Gasteiger partial charge in [-0.25, -0.2) is 4.79 Å². The van der Waals surface area contributed by atoms with Crippen LogP contribution in [0.4, 0.5) is 11.4 Å². The molecule has 0 fully saturated rings. The summed E-state index contributed by atoms with van der Waals surface area (Å²) in [5, 5.41) is 8.85. The zero-order chi connectivity index (χ0) is 21.6. The lowest BCUT2D eigenvalue weighted by molar-refractivity contribution is -0.139. The van der Waals surface area contributed by atoms with Gasteiger partial charge in [-0.3, -0.25) is 9.69 Å². The van der Waals surface area contributed by atoms with E-state index < -0.39 is 12.6 Å². The minimum atomic E-state index is -1.04. The van der Waals surface area contributed by atoms with E-state index in [1.807, 2.05) is 72.8 Å². The van der Waals surface area contributed by atoms with Crippen molar-refractivity contribution in [3.8, 4) is 11.5 Å². The number of hydrogen-bond acceptors (Lipinski definition) is 4. The van der Waals surface area contributed by atoms with Crippen molar-refractivity contribution in [1.82, 2.24) is 0 Å². The minimum Gasteiger partial charge on any atom is -0.489 e. The van der Waals surface area contributed by atoms with Gasteiger partial charge >= 0.3 is 5.97 Å². The van der Waals surface area contributed by atoms with Gasteiger partial charge in [0.05, 0.1) is 6.61 Å². The van der Waals surface area contributed by atoms with E-state index >= 15 is 0 Å². The van der Waals surface area contributed by atoms with Crippen LogP contribution in [0, 0.1) is 0 Å². The molecule has 0 bridgehead atoms. The molecule has 1 atom stereocenters. The van der Waals surface area contributed by atoms with E-state index in [1.165, 1.54) is 0 Å². The summed E-state index contributed by atoms with van der Waals surface area (Å²) in [6, 6.07) is 24.7. The van der Waals surface area contributed by atoms with Gasteiger partial charge < -0.3 is 14.6 Å². The van der Waals surface area contributed by atoms with Crippen molar-refractivity contribution < 1.29 is 24.2 Å². The summed E-state index contributed by atoms with van der Waals surface area (Å²) in [4.78, 5) is 25.8. The quantitative estimate of drug-likeness (QED) is 0.571. The molecule has 3 aromatic carbocycles. The Morgan fingerprint density at radius 2 is 1.58 bits per heavy atom. The first-order chi connectivity index (χ1) is 15.1. The van der Waals surface area contributed by atoms with E-state index in [4.69, 9.17) is 14.6 Å². The molecular weight excluding hydrogens is 394 g/mol. The lowest BCUT2D eigenvalue weighted by Gasteiger charge is -2.23. The summed E-state index contributed by atoms with van der Waals surface area (Å²) >= 11 is 0. The maximum absolute atomic E-state index is 13.3. The zero-order valence-electron chi connectivity index (χ0n) is 16.9. The van der Waals surface area contributed by atoms with Gasteiger partial charge in [0, 0.05) is 29.3 Å². The predicted molar refractivity (Wildman–Crippen MR) is 117 cm³/mol. The summed E-state index contributed by atoms with van der Waals surface area (Å²) in [6.45, 7) is 0.0127. The highest BCUT2D eigenvalue weighted by molar-refractivity contribution is 6.00. The molecule has 6 heteroatoms. The molecule has 1 unspecified atom stereocenters. The van der Waals surface area contributed by atoms with Gasteiger partial charge in [-0.15, -0.1) is 0 Å². The topological polar surface area (TPSA) is 76.1 Å². The number of rotatable bonds is 8. The number of carboxylic acid groups (broad SMARTS) is 1. The molecule has 1 amide bonds. The highest BCUT2D eigenvalue weighted by Crippen LogP contribution is 2.43. The van der Waals surface area contributed by atoms with Crippen molar-refractivity contribution in [3.05, 3.63) is 84.4 Å². The fourth-order valence-corrected chi connectivity index (χ4v) is 3.78. The maximum Gasteiger partial charge on any atom is 0.341 e. The van der Waals surface area contributed by atoms with E-state index in [0.29, 0.717) is 30.9 Å². The largest absolute Gasteiger partial charge is 0.489 e. The second-order valence-corrected chi connectivity index (χ2v) is 7.30. The number of nitrogens with zero attached hydrogens (tertiary/aromatic N) is 1. The summed E-state index contributed by atoms with van der Waals surface area (Å²) in [6.07, 6.45) is 0.960. The molecule has 31 heavy (non-hydrogen) atoms. The Morgan fingerprint density at radius 3 is 2.19 bits per heavy atom. The lowest BCUT2D eigenvalue weighted by atomic mass is 9.95. The summed E-state index contributed by atoms with van der Waals surface area (Å²) in [7, 11) is 0. The van der Waals surface area contributed by atoms with E-state index in [2.05, 4.69) is 0 Å². The molecule has 0 saturated heterocycles. The Balaban J connectivity index is 1.49. The van der Waals surface area contributed by atoms with Crippen LogP contribution in [0.5, 0.6) is 11.5 Å². The Kier molecular flexibility index (Phi) is 6.17. The number of carbonyl (C=O) groups is 2. The average Bonchev–Trinajstić information content (AvgIpc) is 3.21. The lowest BCUT2D eigenvalue weighted by Crippen LogP contribution is -2.26. The second-order valence-electron chi connectivity index (χ2n) is 7.30. The summed E-state index contributed by atoms with van der Waals surface area (Å²) in [5.74, 6) is -0.00221. The van der Waals surface area contributed by atoms with Crippen molar-refractivity contribution >= 4 is 23.3 Å². The van der Waals surface area contributed by atoms with Crippen molar-refractivity contribution in [3.63, 3.8) is 0 Å². The van der Waals surface area contributed by atoms with Crippen LogP contribution in [0.25, 0.3) is 0 Å². The van der Waals surface area contributed by atoms with Crippen LogP contribution in [-0.2, 0) is 9.59 Å². The standard InChI is InChI=1S/C25H23NO5/c27-23(26(19-8-3-1-4-9-19)20-10-5-2-6-11-20)15-14-18-16-31-25-21(18)12-7-13-22(25)30-17-24(28)29/h1-13,18H,14-17H2,(H,28,29). The number of fused-ring (bicyclic) bond motifs is 1. The molecular formula is C25H23NO5. The monoisotopic (exact) mass is 417 g/mol. The molecule has 3 aromatic rings. The number of hydrogen-bond donors (Lipinski definition) is 1. The van der Waals surface area contributed by atoms with Gasteiger partial charge in [0.25, 0.3) is 0 Å². The number of ether oxygens (including phenoxy) is 2. The van der Waals surface area contributed by atoms with Crippen molar-refractivity contribution in [2.24, 2.45) is 0 Å². The molecule has 0 radical (unpaired) electrons. The van der Waals surface area contributed by atoms with E-state index in [0.717, 1.165) is 16.9 Å². The molecule has 0 aromatic heterocycles. The number of para-hydroxylation sites is 3. The van der Waals surface area contributed by atoms with E-state index in [9.17, 15) is 9.59 Å². The third-order valence-electron chi connectivity index (χ3n) is 5.21. The van der Waals surface area contributed by atoms with Crippen LogP contribution < -0.4 is 14.4 Å². The Bertz CT molecular complexity index is 1010. The third kappa shape index (κ3) is 4.69. The summed E-state index contributed by atoms with van der Waals surface area (Å²) in [5.41, 5.74) is 2.60. The van der Waals surface area contributed by atoms with Crippen LogP contribution in [0.3, 0.4) is 0 Å². The molecule has 1 aliphatic rings. The van der Waals surface area contributed by atoms with Gasteiger partial charge in [-0.05, 0) is 36.8 Å². The van der Waals surface area contributed by atoms with Crippen LogP contribution in [0.1, 0.15) is 24.3 Å². The van der Waals surface area contributed by atoms with Crippen molar-refractivity contribution in [2.45, 2.75) is 18.8 Å². The first-order valence-corrected chi connectivity index (χ1v) is 10.2. The molecule has 0 spiro atoms. The fourth-order valence-electron chi connectivity index (χ4n) is 3.78. The average molecular weight is 417 g/mol. The number of aliphatic carboxylic acids is 1. The maximum atomic E-state index is 13.3. The van der Waals surface area contributed by atoms with Crippen molar-refractivity contribution in [2.75, 3.05) is 18.1 Å². The molecule has 6 nitrogen and oxygen atoms in total. The fraction of sp³-hybridized carbons (Fsp3) is 0.200. The molecule has 4 rings (SSSR count). The second kappa shape index (κ2) is 9.34. The Hall–Kier alpha value is -3.80. The van der Waals surface area contributed by atoms with E-state index in [1.54, 1.807) is 11.0 Å².